The lowest BCUT2D eigenvalue weighted by Gasteiger charge is -2.26. The Morgan fingerprint density at radius 3 is 2.45 bits per heavy atom. The summed E-state index contributed by atoms with van der Waals surface area (Å²) in [5.41, 5.74) is 1.78. The summed E-state index contributed by atoms with van der Waals surface area (Å²) in [6, 6.07) is 11.1. The molecule has 150 valence electrons. The van der Waals surface area contributed by atoms with Crippen molar-refractivity contribution in [3.8, 4) is 11.5 Å². The van der Waals surface area contributed by atoms with Crippen LogP contribution in [-0.2, 0) is 9.59 Å². The molecule has 1 aliphatic heterocycles. The minimum atomic E-state index is -0.780. The van der Waals surface area contributed by atoms with Crippen molar-refractivity contribution >= 4 is 45.5 Å². The molecule has 7 nitrogen and oxygen atoms in total. The van der Waals surface area contributed by atoms with Gasteiger partial charge in [-0.1, -0.05) is 39.7 Å². The summed E-state index contributed by atoms with van der Waals surface area (Å²) in [5.74, 6) is -0.427. The molecule has 3 rings (SSSR count). The predicted molar refractivity (Wildman–Crippen MR) is 112 cm³/mol. The van der Waals surface area contributed by atoms with Crippen molar-refractivity contribution in [1.29, 1.82) is 0 Å². The van der Waals surface area contributed by atoms with Crippen LogP contribution < -0.4 is 19.7 Å². The molecule has 0 bridgehead atoms. The zero-order valence-corrected chi connectivity index (χ0v) is 17.5. The summed E-state index contributed by atoms with van der Waals surface area (Å²) in [5, 5.41) is 2.88. The van der Waals surface area contributed by atoms with Gasteiger partial charge in [0.15, 0.2) is 11.5 Å². The van der Waals surface area contributed by atoms with Gasteiger partial charge in [-0.25, -0.2) is 9.69 Å². The zero-order valence-electron chi connectivity index (χ0n) is 15.9. The van der Waals surface area contributed by atoms with Crippen molar-refractivity contribution in [1.82, 2.24) is 5.32 Å². The van der Waals surface area contributed by atoms with Crippen molar-refractivity contribution in [2.45, 2.75) is 6.92 Å². The van der Waals surface area contributed by atoms with Gasteiger partial charge in [0.25, 0.3) is 11.8 Å². The Labute approximate surface area is 176 Å². The Hall–Kier alpha value is -3.13. The fraction of sp³-hybridized carbons (Fsp3) is 0.190. The van der Waals surface area contributed by atoms with Gasteiger partial charge in [0.1, 0.15) is 5.57 Å². The fourth-order valence-electron chi connectivity index (χ4n) is 2.79. The number of carbonyl (C=O) groups is 3. The van der Waals surface area contributed by atoms with Crippen molar-refractivity contribution in [3.05, 3.63) is 59.2 Å². The average Bonchev–Trinajstić information content (AvgIpc) is 2.71. The number of nitrogens with zero attached hydrogens (tertiary/aromatic N) is 1. The lowest BCUT2D eigenvalue weighted by atomic mass is 10.1. The number of carbonyl (C=O) groups excluding carboxylic acids is 3. The molecule has 1 saturated heterocycles. The van der Waals surface area contributed by atoms with Crippen molar-refractivity contribution in [3.63, 3.8) is 0 Å². The smallest absolute Gasteiger partial charge is 0.335 e. The molecule has 8 heteroatoms. The Morgan fingerprint density at radius 1 is 1.07 bits per heavy atom. The third-order valence-electron chi connectivity index (χ3n) is 4.23. The Bertz CT molecular complexity index is 985. The van der Waals surface area contributed by atoms with E-state index in [0.29, 0.717) is 34.7 Å². The first-order valence-corrected chi connectivity index (χ1v) is 9.91. The second-order valence-electron chi connectivity index (χ2n) is 6.24. The number of ether oxygens (including phenoxy) is 2. The maximum absolute atomic E-state index is 12.9. The van der Waals surface area contributed by atoms with Crippen LogP contribution in [0.4, 0.5) is 10.5 Å². The molecule has 0 aromatic heterocycles. The zero-order chi connectivity index (χ0) is 21.0. The van der Waals surface area contributed by atoms with E-state index in [-0.39, 0.29) is 5.57 Å². The second kappa shape index (κ2) is 8.91. The number of imide groups is 2. The van der Waals surface area contributed by atoms with Crippen LogP contribution in [0.15, 0.2) is 48.0 Å². The molecule has 1 heterocycles. The molecule has 1 fully saturated rings. The number of halogens is 1. The molecule has 1 aliphatic rings. The molecular formula is C21H19BrN2O5. The van der Waals surface area contributed by atoms with Gasteiger partial charge in [0, 0.05) is 5.33 Å². The van der Waals surface area contributed by atoms with Gasteiger partial charge in [0.2, 0.25) is 0 Å². The van der Waals surface area contributed by atoms with Crippen LogP contribution in [0.5, 0.6) is 11.5 Å². The van der Waals surface area contributed by atoms with Crippen molar-refractivity contribution in [2.75, 3.05) is 23.9 Å². The van der Waals surface area contributed by atoms with Gasteiger partial charge in [-0.05, 0) is 42.8 Å². The molecule has 0 unspecified atom stereocenters. The predicted octanol–water partition coefficient (Wildman–Crippen LogP) is 3.44. The lowest BCUT2D eigenvalue weighted by molar-refractivity contribution is -0.122. The first-order chi connectivity index (χ1) is 13.9. The summed E-state index contributed by atoms with van der Waals surface area (Å²) >= 11 is 3.29. The quantitative estimate of drug-likeness (QED) is 0.407. The minimum absolute atomic E-state index is 0.152. The Balaban J connectivity index is 1.95. The molecule has 1 N–H and O–H groups in total. The van der Waals surface area contributed by atoms with Crippen LogP contribution in [0, 0.1) is 6.92 Å². The normalized spacial score (nSPS) is 15.5. The van der Waals surface area contributed by atoms with Crippen LogP contribution in [-0.4, -0.2) is 36.9 Å². The van der Waals surface area contributed by atoms with Gasteiger partial charge in [-0.2, -0.15) is 0 Å². The summed E-state index contributed by atoms with van der Waals surface area (Å²) < 4.78 is 10.9. The summed E-state index contributed by atoms with van der Waals surface area (Å²) in [7, 11) is 1.50. The number of aryl methyl sites for hydroxylation is 1. The van der Waals surface area contributed by atoms with Crippen LogP contribution in [0.2, 0.25) is 0 Å². The monoisotopic (exact) mass is 458 g/mol. The summed E-state index contributed by atoms with van der Waals surface area (Å²) in [6.07, 6.45) is 1.42. The number of benzene rings is 2. The van der Waals surface area contributed by atoms with E-state index in [0.717, 1.165) is 10.5 Å². The number of hydrogen-bond acceptors (Lipinski definition) is 5. The highest BCUT2D eigenvalue weighted by molar-refractivity contribution is 9.09. The Morgan fingerprint density at radius 2 is 1.79 bits per heavy atom. The third kappa shape index (κ3) is 4.48. The van der Waals surface area contributed by atoms with E-state index in [9.17, 15) is 14.4 Å². The van der Waals surface area contributed by atoms with E-state index in [2.05, 4.69) is 21.2 Å². The molecule has 0 atom stereocenters. The number of urea groups is 1. The topological polar surface area (TPSA) is 84.9 Å². The van der Waals surface area contributed by atoms with E-state index in [1.165, 1.54) is 13.2 Å². The number of rotatable bonds is 6. The van der Waals surface area contributed by atoms with E-state index in [1.807, 2.05) is 6.92 Å². The maximum atomic E-state index is 12.9. The van der Waals surface area contributed by atoms with E-state index in [4.69, 9.17) is 9.47 Å². The molecule has 0 saturated carbocycles. The molecule has 2 aromatic rings. The van der Waals surface area contributed by atoms with Crippen LogP contribution in [0.25, 0.3) is 6.08 Å². The minimum Gasteiger partial charge on any atom is -0.493 e. The van der Waals surface area contributed by atoms with Gasteiger partial charge >= 0.3 is 6.03 Å². The highest BCUT2D eigenvalue weighted by atomic mass is 79.9. The van der Waals surface area contributed by atoms with E-state index in [1.54, 1.807) is 42.5 Å². The number of amides is 4. The van der Waals surface area contributed by atoms with Crippen LogP contribution >= 0.6 is 15.9 Å². The van der Waals surface area contributed by atoms with Gasteiger partial charge in [0.05, 0.1) is 19.4 Å². The Kier molecular flexibility index (Phi) is 6.33. The standard InChI is InChI=1S/C21H19BrN2O5/c1-13-3-6-15(7-4-13)24-20(26)16(19(25)23-21(24)27)11-14-5-8-17(29-10-9-22)18(12-14)28-2/h3-8,11-12H,9-10H2,1-2H3,(H,23,25,27). The van der Waals surface area contributed by atoms with Gasteiger partial charge in [-0.15, -0.1) is 0 Å². The average molecular weight is 459 g/mol. The van der Waals surface area contributed by atoms with E-state index >= 15 is 0 Å². The number of nitrogens with one attached hydrogen (secondary N) is 1. The van der Waals surface area contributed by atoms with Gasteiger partial charge < -0.3 is 9.47 Å². The molecule has 0 radical (unpaired) electrons. The van der Waals surface area contributed by atoms with E-state index < -0.39 is 17.8 Å². The third-order valence-corrected chi connectivity index (χ3v) is 4.55. The maximum Gasteiger partial charge on any atom is 0.335 e. The number of barbiturate groups is 1. The fourth-order valence-corrected chi connectivity index (χ4v) is 2.96. The largest absolute Gasteiger partial charge is 0.493 e. The molecule has 0 spiro atoms. The molecule has 2 aromatic carbocycles. The SMILES string of the molecule is COc1cc(C=C2C(=O)NC(=O)N(c3ccc(C)cc3)C2=O)ccc1OCCBr. The lowest BCUT2D eigenvalue weighted by Crippen LogP contribution is -2.54. The van der Waals surface area contributed by atoms with Gasteiger partial charge in [-0.3, -0.25) is 14.9 Å². The first-order valence-electron chi connectivity index (χ1n) is 8.79. The molecule has 29 heavy (non-hydrogen) atoms. The summed E-state index contributed by atoms with van der Waals surface area (Å²) in [4.78, 5) is 38.4. The van der Waals surface area contributed by atoms with Crippen LogP contribution in [0.1, 0.15) is 11.1 Å². The molecule has 0 aliphatic carbocycles. The number of anilines is 1. The first kappa shape index (κ1) is 20.6. The highest BCUT2D eigenvalue weighted by Crippen LogP contribution is 2.30. The molecule has 4 amide bonds. The van der Waals surface area contributed by atoms with Crippen molar-refractivity contribution < 1.29 is 23.9 Å². The highest BCUT2D eigenvalue weighted by Gasteiger charge is 2.36. The van der Waals surface area contributed by atoms with Crippen LogP contribution in [0.3, 0.4) is 0 Å². The van der Waals surface area contributed by atoms with Crippen molar-refractivity contribution in [2.24, 2.45) is 0 Å². The number of methoxy groups -OCH3 is 1. The number of alkyl halides is 1. The second-order valence-corrected chi connectivity index (χ2v) is 7.03. The molecular weight excluding hydrogens is 440 g/mol. The summed E-state index contributed by atoms with van der Waals surface area (Å²) in [6.45, 7) is 2.36. The number of hydrogen-bond donors (Lipinski definition) is 1.